The molecule has 2 rings (SSSR count). The van der Waals surface area contributed by atoms with Crippen LogP contribution in [0.15, 0.2) is 30.3 Å². The van der Waals surface area contributed by atoms with Crippen molar-refractivity contribution in [1.82, 2.24) is 15.1 Å². The van der Waals surface area contributed by atoms with Gasteiger partial charge in [-0.3, -0.25) is 24.0 Å². The maximum atomic E-state index is 14.2. The van der Waals surface area contributed by atoms with Crippen LogP contribution in [-0.4, -0.2) is 120 Å². The Kier molecular flexibility index (Phi) is 18.3. The molecule has 0 radical (unpaired) electrons. The molecular formula is C41H67N3O9. The minimum atomic E-state index is -1.49. The number of hydrogen-bond acceptors (Lipinski definition) is 9. The average molecular weight is 746 g/mol. The topological polar surface area (TPSA) is 163 Å². The van der Waals surface area contributed by atoms with Crippen LogP contribution >= 0.6 is 0 Å². The number of aliphatic hydroxyl groups is 1. The lowest BCUT2D eigenvalue weighted by Crippen LogP contribution is -2.56. The number of methoxy groups -OCH3 is 2. The van der Waals surface area contributed by atoms with Gasteiger partial charge in [0.15, 0.2) is 5.78 Å². The van der Waals surface area contributed by atoms with E-state index in [1.165, 1.54) is 28.1 Å². The number of likely N-dealkylation sites (tertiary alicyclic amines) is 1. The summed E-state index contributed by atoms with van der Waals surface area (Å²) in [6.45, 7) is 13.1. The van der Waals surface area contributed by atoms with E-state index in [2.05, 4.69) is 5.32 Å². The zero-order chi connectivity index (χ0) is 40.2. The summed E-state index contributed by atoms with van der Waals surface area (Å²) in [5.41, 5.74) is -0.656. The van der Waals surface area contributed by atoms with Gasteiger partial charge in [-0.25, -0.2) is 0 Å². The van der Waals surface area contributed by atoms with Crippen molar-refractivity contribution in [3.8, 4) is 0 Å². The molecular weight excluding hydrogens is 678 g/mol. The van der Waals surface area contributed by atoms with Crippen LogP contribution in [0.1, 0.15) is 92.6 Å². The molecule has 0 saturated carbocycles. The van der Waals surface area contributed by atoms with Crippen LogP contribution in [0.25, 0.3) is 0 Å². The molecule has 53 heavy (non-hydrogen) atoms. The van der Waals surface area contributed by atoms with Crippen molar-refractivity contribution in [3.63, 3.8) is 0 Å². The van der Waals surface area contributed by atoms with E-state index < -0.39 is 65.6 Å². The maximum Gasteiger partial charge on any atom is 0.307 e. The van der Waals surface area contributed by atoms with Gasteiger partial charge in [0.2, 0.25) is 11.8 Å². The van der Waals surface area contributed by atoms with E-state index in [0.29, 0.717) is 25.8 Å². The van der Waals surface area contributed by atoms with Gasteiger partial charge < -0.3 is 34.8 Å². The van der Waals surface area contributed by atoms with Crippen LogP contribution in [0.2, 0.25) is 0 Å². The molecule has 0 aromatic heterocycles. The standard InChI is InChI=1S/C41H67N3O9/c1-12-26(4)37(43(9)39(48)30(41(6,7)51)23-33(46)36(42-8)25(2)3)34(52-10)24-35(47)44-20-16-19-31(44)38(53-11)27(5)32(45)22-29(40(49)50)21-28-17-14-13-15-18-28/h13-15,17-18,25-27,29-31,34,36-38,42,51H,12,16,19-24H2,1-11H3,(H,49,50)/t26-,27-,29+,30+,31-,34+,36-,37-,38+/m0/s1. The van der Waals surface area contributed by atoms with Gasteiger partial charge in [0.05, 0.1) is 54.2 Å². The molecule has 12 heteroatoms. The van der Waals surface area contributed by atoms with Gasteiger partial charge in [-0.15, -0.1) is 0 Å². The smallest absolute Gasteiger partial charge is 0.307 e. The molecule has 0 bridgehead atoms. The van der Waals surface area contributed by atoms with Gasteiger partial charge >= 0.3 is 5.97 Å². The second-order valence-electron chi connectivity index (χ2n) is 15.9. The number of likely N-dealkylation sites (N-methyl/N-ethyl adjacent to an activating group) is 2. The predicted octanol–water partition coefficient (Wildman–Crippen LogP) is 4.40. The second kappa shape index (κ2) is 21.0. The van der Waals surface area contributed by atoms with Crippen LogP contribution in [0.5, 0.6) is 0 Å². The Hall–Kier alpha value is -3.19. The molecule has 1 aromatic rings. The fraction of sp³-hybridized carbons (Fsp3) is 0.732. The Morgan fingerprint density at radius 3 is 2.09 bits per heavy atom. The summed E-state index contributed by atoms with van der Waals surface area (Å²) in [5, 5.41) is 24.1. The van der Waals surface area contributed by atoms with E-state index in [1.54, 1.807) is 30.8 Å². The summed E-state index contributed by atoms with van der Waals surface area (Å²) in [6, 6.07) is 7.79. The number of carbonyl (C=O) groups is 5. The zero-order valence-electron chi connectivity index (χ0n) is 34.0. The molecule has 0 unspecified atom stereocenters. The molecule has 12 nitrogen and oxygen atoms in total. The Bertz CT molecular complexity index is 1350. The van der Waals surface area contributed by atoms with Gasteiger partial charge in [0, 0.05) is 46.6 Å². The number of carbonyl (C=O) groups excluding carboxylic acids is 4. The van der Waals surface area contributed by atoms with Gasteiger partial charge in [-0.2, -0.15) is 0 Å². The lowest BCUT2D eigenvalue weighted by molar-refractivity contribution is -0.154. The summed E-state index contributed by atoms with van der Waals surface area (Å²) in [4.78, 5) is 70.7. The van der Waals surface area contributed by atoms with Crippen molar-refractivity contribution >= 4 is 29.4 Å². The molecule has 1 saturated heterocycles. The lowest BCUT2D eigenvalue weighted by atomic mass is 9.81. The molecule has 3 N–H and O–H groups in total. The quantitative estimate of drug-likeness (QED) is 0.146. The predicted molar refractivity (Wildman–Crippen MR) is 204 cm³/mol. The van der Waals surface area contributed by atoms with E-state index in [0.717, 1.165) is 5.56 Å². The minimum Gasteiger partial charge on any atom is -0.481 e. The van der Waals surface area contributed by atoms with Crippen LogP contribution in [0.4, 0.5) is 0 Å². The number of aliphatic carboxylic acids is 1. The van der Waals surface area contributed by atoms with Crippen molar-refractivity contribution in [3.05, 3.63) is 35.9 Å². The maximum absolute atomic E-state index is 14.2. The summed E-state index contributed by atoms with van der Waals surface area (Å²) >= 11 is 0. The number of nitrogens with zero attached hydrogens (tertiary/aromatic N) is 2. The molecule has 2 amide bonds. The fourth-order valence-corrected chi connectivity index (χ4v) is 7.99. The summed E-state index contributed by atoms with van der Waals surface area (Å²) in [5.74, 6) is -4.72. The van der Waals surface area contributed by atoms with E-state index in [9.17, 15) is 34.2 Å². The zero-order valence-corrected chi connectivity index (χ0v) is 34.0. The van der Waals surface area contributed by atoms with Gasteiger partial charge in [0.1, 0.15) is 5.78 Å². The summed E-state index contributed by atoms with van der Waals surface area (Å²) in [7, 11) is 6.37. The largest absolute Gasteiger partial charge is 0.481 e. The van der Waals surface area contributed by atoms with Crippen LogP contribution in [0, 0.1) is 29.6 Å². The second-order valence-corrected chi connectivity index (χ2v) is 15.9. The Morgan fingerprint density at radius 2 is 1.60 bits per heavy atom. The monoisotopic (exact) mass is 745 g/mol. The van der Waals surface area contributed by atoms with E-state index >= 15 is 0 Å². The Morgan fingerprint density at radius 1 is 0.981 bits per heavy atom. The van der Waals surface area contributed by atoms with Gasteiger partial charge in [0.25, 0.3) is 0 Å². The summed E-state index contributed by atoms with van der Waals surface area (Å²) in [6.07, 6.45) is 0.532. The molecule has 300 valence electrons. The third-order valence-corrected chi connectivity index (χ3v) is 11.4. The average Bonchev–Trinajstić information content (AvgIpc) is 3.59. The number of ketones is 2. The number of carboxylic acids is 1. The highest BCUT2D eigenvalue weighted by Crippen LogP contribution is 2.32. The molecule has 1 fully saturated rings. The normalized spacial score (nSPS) is 19.5. The number of rotatable bonds is 23. The number of carboxylic acid groups (broad SMARTS) is 1. The molecule has 1 aliphatic heterocycles. The molecule has 0 aliphatic carbocycles. The molecule has 1 heterocycles. The third kappa shape index (κ3) is 12.4. The first-order valence-corrected chi connectivity index (χ1v) is 19.2. The molecule has 1 aliphatic rings. The highest BCUT2D eigenvalue weighted by molar-refractivity contribution is 5.91. The SMILES string of the molecule is CC[C@H](C)[C@@H]([C@@H](CC(=O)N1CCC[C@H]1[C@H](OC)[C@@H](C)C(=O)C[C@@H](Cc1ccccc1)C(=O)O)OC)N(C)C(=O)[C@@H](CC(=O)[C@@H](NC)C(C)C)C(C)(C)O. The first-order valence-electron chi connectivity index (χ1n) is 19.2. The van der Waals surface area contributed by atoms with Crippen molar-refractivity contribution in [2.24, 2.45) is 29.6 Å². The van der Waals surface area contributed by atoms with E-state index in [-0.39, 0.29) is 55.0 Å². The first-order chi connectivity index (χ1) is 24.8. The van der Waals surface area contributed by atoms with E-state index in [4.69, 9.17) is 9.47 Å². The van der Waals surface area contributed by atoms with Crippen molar-refractivity contribution in [2.45, 2.75) is 129 Å². The highest BCUT2D eigenvalue weighted by Gasteiger charge is 2.45. The van der Waals surface area contributed by atoms with E-state index in [1.807, 2.05) is 58.0 Å². The number of nitrogens with one attached hydrogen (secondary N) is 1. The minimum absolute atomic E-state index is 0.00550. The van der Waals surface area contributed by atoms with Crippen molar-refractivity contribution in [1.29, 1.82) is 0 Å². The van der Waals surface area contributed by atoms with Crippen molar-refractivity contribution < 1.29 is 43.7 Å². The fourth-order valence-electron chi connectivity index (χ4n) is 7.99. The number of ether oxygens (including phenoxy) is 2. The number of hydrogen-bond donors (Lipinski definition) is 3. The Balaban J connectivity index is 2.29. The summed E-state index contributed by atoms with van der Waals surface area (Å²) < 4.78 is 11.9. The highest BCUT2D eigenvalue weighted by atomic mass is 16.5. The Labute approximate surface area is 317 Å². The molecule has 9 atom stereocenters. The van der Waals surface area contributed by atoms with Crippen LogP contribution < -0.4 is 5.32 Å². The van der Waals surface area contributed by atoms with Gasteiger partial charge in [-0.1, -0.05) is 71.4 Å². The van der Waals surface area contributed by atoms with Crippen LogP contribution in [-0.2, 0) is 39.9 Å². The van der Waals surface area contributed by atoms with Gasteiger partial charge in [-0.05, 0) is 57.6 Å². The molecule has 0 spiro atoms. The third-order valence-electron chi connectivity index (χ3n) is 11.4. The molecule has 1 aromatic carbocycles. The lowest BCUT2D eigenvalue weighted by Gasteiger charge is -2.42. The number of amides is 2. The van der Waals surface area contributed by atoms with Crippen molar-refractivity contribution in [2.75, 3.05) is 34.9 Å². The number of Topliss-reactive ketones (excluding diaryl/α,β-unsaturated/α-hetero) is 2. The van der Waals surface area contributed by atoms with Crippen LogP contribution in [0.3, 0.4) is 0 Å². The first kappa shape index (κ1) is 46.0. The number of benzene rings is 1.